The van der Waals surface area contributed by atoms with Crippen molar-refractivity contribution in [1.82, 2.24) is 24.9 Å². The van der Waals surface area contributed by atoms with Gasteiger partial charge in [0.1, 0.15) is 0 Å². The molecule has 1 saturated heterocycles. The van der Waals surface area contributed by atoms with Crippen LogP contribution in [-0.2, 0) is 16.0 Å². The molecule has 0 aromatic carbocycles. The lowest BCUT2D eigenvalue weighted by Gasteiger charge is -2.28. The van der Waals surface area contributed by atoms with Gasteiger partial charge in [0.25, 0.3) is 0 Å². The quantitative estimate of drug-likeness (QED) is 0.604. The fourth-order valence-electron chi connectivity index (χ4n) is 3.35. The van der Waals surface area contributed by atoms with Crippen LogP contribution in [0.25, 0.3) is 11.4 Å². The largest absolute Gasteiger partial charge is 0.379 e. The Hall–Kier alpha value is -2.32. The van der Waals surface area contributed by atoms with Gasteiger partial charge in [-0.15, -0.1) is 0 Å². The summed E-state index contributed by atoms with van der Waals surface area (Å²) < 4.78 is 10.8. The van der Waals surface area contributed by atoms with Gasteiger partial charge in [-0.2, -0.15) is 4.98 Å². The SMILES string of the molecule is CC(C)CC(=O)N(CCCN1CCOCC1)CCc1nc(-c2ccncc2)no1. The number of morpholine rings is 1. The fourth-order valence-corrected chi connectivity index (χ4v) is 3.35. The topological polar surface area (TPSA) is 84.6 Å². The summed E-state index contributed by atoms with van der Waals surface area (Å²) in [6, 6.07) is 3.69. The Bertz CT molecular complexity index is 744. The smallest absolute Gasteiger partial charge is 0.228 e. The van der Waals surface area contributed by atoms with Gasteiger partial charge in [0.2, 0.25) is 17.6 Å². The maximum atomic E-state index is 12.7. The van der Waals surface area contributed by atoms with Crippen LogP contribution >= 0.6 is 0 Å². The normalized spacial score (nSPS) is 15.0. The van der Waals surface area contributed by atoms with E-state index in [4.69, 9.17) is 9.26 Å². The Kier molecular flexibility index (Phi) is 8.13. The highest BCUT2D eigenvalue weighted by Gasteiger charge is 2.18. The molecule has 8 heteroatoms. The summed E-state index contributed by atoms with van der Waals surface area (Å²) in [5, 5.41) is 4.05. The summed E-state index contributed by atoms with van der Waals surface area (Å²) >= 11 is 0. The summed E-state index contributed by atoms with van der Waals surface area (Å²) in [7, 11) is 0. The van der Waals surface area contributed by atoms with Crippen molar-refractivity contribution in [1.29, 1.82) is 0 Å². The maximum absolute atomic E-state index is 12.7. The zero-order chi connectivity index (χ0) is 20.5. The fraction of sp³-hybridized carbons (Fsp3) is 0.619. The Morgan fingerprint density at radius 1 is 1.21 bits per heavy atom. The zero-order valence-corrected chi connectivity index (χ0v) is 17.4. The molecule has 1 aliphatic heterocycles. The molecule has 29 heavy (non-hydrogen) atoms. The molecule has 2 aromatic heterocycles. The molecule has 0 aliphatic carbocycles. The van der Waals surface area contributed by atoms with E-state index in [1.807, 2.05) is 17.0 Å². The molecule has 0 unspecified atom stereocenters. The first-order valence-corrected chi connectivity index (χ1v) is 10.4. The Labute approximate surface area is 172 Å². The summed E-state index contributed by atoms with van der Waals surface area (Å²) in [5.74, 6) is 1.63. The second-order valence-electron chi connectivity index (χ2n) is 7.78. The van der Waals surface area contributed by atoms with E-state index in [2.05, 4.69) is 33.9 Å². The molecule has 8 nitrogen and oxygen atoms in total. The number of carbonyl (C=O) groups excluding carboxylic acids is 1. The van der Waals surface area contributed by atoms with Crippen LogP contribution in [0.1, 0.15) is 32.6 Å². The molecule has 0 bridgehead atoms. The minimum absolute atomic E-state index is 0.191. The third-order valence-corrected chi connectivity index (χ3v) is 4.94. The van der Waals surface area contributed by atoms with Crippen molar-refractivity contribution in [3.63, 3.8) is 0 Å². The zero-order valence-electron chi connectivity index (χ0n) is 17.4. The van der Waals surface area contributed by atoms with E-state index in [1.165, 1.54) is 0 Å². The molecular formula is C21H31N5O3. The lowest BCUT2D eigenvalue weighted by atomic mass is 10.1. The van der Waals surface area contributed by atoms with Gasteiger partial charge in [-0.1, -0.05) is 19.0 Å². The van der Waals surface area contributed by atoms with Crippen LogP contribution in [0.3, 0.4) is 0 Å². The molecular weight excluding hydrogens is 370 g/mol. The number of aromatic nitrogens is 3. The third-order valence-electron chi connectivity index (χ3n) is 4.94. The van der Waals surface area contributed by atoms with Crippen molar-refractivity contribution in [2.24, 2.45) is 5.92 Å². The number of rotatable bonds is 10. The van der Waals surface area contributed by atoms with Crippen molar-refractivity contribution < 1.29 is 14.1 Å². The van der Waals surface area contributed by atoms with E-state index in [-0.39, 0.29) is 5.91 Å². The second kappa shape index (κ2) is 11.0. The molecule has 0 saturated carbocycles. The van der Waals surface area contributed by atoms with Crippen molar-refractivity contribution in [3.8, 4) is 11.4 Å². The lowest BCUT2D eigenvalue weighted by Crippen LogP contribution is -2.39. The first kappa shape index (κ1) is 21.4. The highest BCUT2D eigenvalue weighted by atomic mass is 16.5. The number of hydrogen-bond donors (Lipinski definition) is 0. The minimum Gasteiger partial charge on any atom is -0.379 e. The summed E-state index contributed by atoms with van der Waals surface area (Å²) in [6.45, 7) is 10.0. The summed E-state index contributed by atoms with van der Waals surface area (Å²) in [5.41, 5.74) is 0.869. The molecule has 1 amide bonds. The maximum Gasteiger partial charge on any atom is 0.228 e. The molecule has 1 fully saturated rings. The molecule has 1 aliphatic rings. The molecule has 0 radical (unpaired) electrons. The van der Waals surface area contributed by atoms with Crippen molar-refractivity contribution in [2.45, 2.75) is 33.1 Å². The van der Waals surface area contributed by atoms with Crippen molar-refractivity contribution in [2.75, 3.05) is 45.9 Å². The molecule has 0 spiro atoms. The van der Waals surface area contributed by atoms with E-state index >= 15 is 0 Å². The summed E-state index contributed by atoms with van der Waals surface area (Å²) in [6.07, 6.45) is 5.47. The van der Waals surface area contributed by atoms with Crippen LogP contribution in [0.5, 0.6) is 0 Å². The van der Waals surface area contributed by atoms with E-state index in [0.717, 1.165) is 51.4 Å². The van der Waals surface area contributed by atoms with Crippen LogP contribution < -0.4 is 0 Å². The third kappa shape index (κ3) is 6.90. The van der Waals surface area contributed by atoms with Crippen LogP contribution in [-0.4, -0.2) is 76.8 Å². The highest BCUT2D eigenvalue weighted by molar-refractivity contribution is 5.76. The molecule has 3 heterocycles. The van der Waals surface area contributed by atoms with Gasteiger partial charge in [0, 0.05) is 63.5 Å². The summed E-state index contributed by atoms with van der Waals surface area (Å²) in [4.78, 5) is 25.5. The molecule has 3 rings (SSSR count). The average molecular weight is 402 g/mol. The van der Waals surface area contributed by atoms with Gasteiger partial charge < -0.3 is 14.2 Å². The molecule has 2 aromatic rings. The van der Waals surface area contributed by atoms with E-state index in [9.17, 15) is 4.79 Å². The van der Waals surface area contributed by atoms with Gasteiger partial charge in [-0.25, -0.2) is 0 Å². The molecule has 158 valence electrons. The van der Waals surface area contributed by atoms with E-state index < -0.39 is 0 Å². The van der Waals surface area contributed by atoms with E-state index in [0.29, 0.717) is 37.0 Å². The standard InChI is InChI=1S/C21H31N5O3/c1-17(2)16-20(27)26(10-3-9-25-12-14-28-15-13-25)11-6-19-23-21(24-29-19)18-4-7-22-8-5-18/h4-5,7-8,17H,3,6,9-16H2,1-2H3. The number of ether oxygens (including phenoxy) is 1. The second-order valence-corrected chi connectivity index (χ2v) is 7.78. The Balaban J connectivity index is 1.53. The van der Waals surface area contributed by atoms with Crippen molar-refractivity contribution >= 4 is 5.91 Å². The number of hydrogen-bond acceptors (Lipinski definition) is 7. The molecule has 0 N–H and O–H groups in total. The van der Waals surface area contributed by atoms with Crippen molar-refractivity contribution in [3.05, 3.63) is 30.4 Å². The van der Waals surface area contributed by atoms with Crippen LogP contribution in [0.4, 0.5) is 0 Å². The number of nitrogens with zero attached hydrogens (tertiary/aromatic N) is 5. The predicted octanol–water partition coefficient (Wildman–Crippen LogP) is 2.27. The Morgan fingerprint density at radius 2 is 1.97 bits per heavy atom. The highest BCUT2D eigenvalue weighted by Crippen LogP contribution is 2.15. The van der Waals surface area contributed by atoms with Crippen LogP contribution in [0, 0.1) is 5.92 Å². The van der Waals surface area contributed by atoms with E-state index in [1.54, 1.807) is 12.4 Å². The van der Waals surface area contributed by atoms with Gasteiger partial charge in [0.15, 0.2) is 0 Å². The first-order valence-electron chi connectivity index (χ1n) is 10.4. The average Bonchev–Trinajstić information content (AvgIpc) is 3.20. The van der Waals surface area contributed by atoms with Gasteiger partial charge in [-0.05, 0) is 24.5 Å². The van der Waals surface area contributed by atoms with Crippen LogP contribution in [0.15, 0.2) is 29.0 Å². The Morgan fingerprint density at radius 3 is 2.69 bits per heavy atom. The number of amides is 1. The number of carbonyl (C=O) groups is 1. The van der Waals surface area contributed by atoms with Crippen LogP contribution in [0.2, 0.25) is 0 Å². The number of pyridine rings is 1. The lowest BCUT2D eigenvalue weighted by molar-refractivity contribution is -0.132. The predicted molar refractivity (Wildman–Crippen MR) is 109 cm³/mol. The first-order chi connectivity index (χ1) is 14.1. The van der Waals surface area contributed by atoms with Gasteiger partial charge in [-0.3, -0.25) is 14.7 Å². The monoisotopic (exact) mass is 401 g/mol. The molecule has 0 atom stereocenters. The van der Waals surface area contributed by atoms with Gasteiger partial charge in [0.05, 0.1) is 13.2 Å². The minimum atomic E-state index is 0.191. The van der Waals surface area contributed by atoms with Gasteiger partial charge >= 0.3 is 0 Å².